The van der Waals surface area contributed by atoms with Gasteiger partial charge in [-0.2, -0.15) is 0 Å². The normalized spacial score (nSPS) is 15.4. The number of hydrogen-bond acceptors (Lipinski definition) is 4. The van der Waals surface area contributed by atoms with E-state index in [-0.39, 0.29) is 5.91 Å². The number of fused-ring (bicyclic) bond motifs is 1. The van der Waals surface area contributed by atoms with Crippen LogP contribution in [0.3, 0.4) is 0 Å². The fourth-order valence-corrected chi connectivity index (χ4v) is 3.25. The molecule has 6 nitrogen and oxygen atoms in total. The van der Waals surface area contributed by atoms with Crippen molar-refractivity contribution in [3.05, 3.63) is 59.9 Å². The molecular formula is C19H21N5O. The maximum absolute atomic E-state index is 12.3. The molecule has 1 aliphatic heterocycles. The molecule has 1 amide bonds. The van der Waals surface area contributed by atoms with Gasteiger partial charge in [0, 0.05) is 6.54 Å². The van der Waals surface area contributed by atoms with Crippen LogP contribution >= 0.6 is 0 Å². The molecule has 0 saturated carbocycles. The van der Waals surface area contributed by atoms with Gasteiger partial charge in [-0.25, -0.2) is 4.68 Å². The fraction of sp³-hybridized carbons (Fsp3) is 0.316. The van der Waals surface area contributed by atoms with Gasteiger partial charge in [-0.15, -0.1) is 5.10 Å². The topological polar surface area (TPSA) is 71.8 Å². The third-order valence-corrected chi connectivity index (χ3v) is 4.69. The fourth-order valence-electron chi connectivity index (χ4n) is 3.25. The summed E-state index contributed by atoms with van der Waals surface area (Å²) in [6.07, 6.45) is 3.79. The molecule has 0 spiro atoms. The number of amides is 1. The van der Waals surface area contributed by atoms with E-state index < -0.39 is 0 Å². The molecule has 1 saturated heterocycles. The average molecular weight is 335 g/mol. The Labute approximate surface area is 146 Å². The van der Waals surface area contributed by atoms with E-state index in [1.165, 1.54) is 10.8 Å². The number of benzene rings is 2. The maximum Gasteiger partial charge on any atom is 0.273 e. The lowest BCUT2D eigenvalue weighted by atomic mass is 10.1. The Morgan fingerprint density at radius 3 is 2.80 bits per heavy atom. The molecule has 1 fully saturated rings. The molecule has 4 rings (SSSR count). The molecule has 25 heavy (non-hydrogen) atoms. The van der Waals surface area contributed by atoms with Gasteiger partial charge in [0.25, 0.3) is 5.91 Å². The first-order valence-corrected chi connectivity index (χ1v) is 8.68. The van der Waals surface area contributed by atoms with Gasteiger partial charge in [-0.05, 0) is 48.3 Å². The summed E-state index contributed by atoms with van der Waals surface area (Å²) in [5.74, 6) is -0.187. The van der Waals surface area contributed by atoms with Gasteiger partial charge in [0.15, 0.2) is 5.69 Å². The van der Waals surface area contributed by atoms with Crippen molar-refractivity contribution in [1.29, 1.82) is 0 Å². The molecular weight excluding hydrogens is 314 g/mol. The summed E-state index contributed by atoms with van der Waals surface area (Å²) in [7, 11) is 0. The lowest BCUT2D eigenvalue weighted by molar-refractivity contribution is 0.0946. The average Bonchev–Trinajstić information content (AvgIpc) is 3.17. The Kier molecular flexibility index (Phi) is 4.43. The zero-order valence-electron chi connectivity index (χ0n) is 14.0. The van der Waals surface area contributed by atoms with Crippen molar-refractivity contribution in [1.82, 2.24) is 25.6 Å². The van der Waals surface area contributed by atoms with E-state index in [1.807, 2.05) is 22.9 Å². The minimum Gasteiger partial charge on any atom is -0.347 e. The van der Waals surface area contributed by atoms with E-state index in [2.05, 4.69) is 45.2 Å². The van der Waals surface area contributed by atoms with E-state index in [4.69, 9.17) is 0 Å². The highest BCUT2D eigenvalue weighted by Crippen LogP contribution is 2.17. The van der Waals surface area contributed by atoms with Crippen LogP contribution in [0.5, 0.6) is 0 Å². The molecule has 0 bridgehead atoms. The van der Waals surface area contributed by atoms with Crippen LogP contribution in [-0.4, -0.2) is 34.0 Å². The highest BCUT2D eigenvalue weighted by Gasteiger charge is 2.18. The molecule has 2 heterocycles. The number of nitrogens with one attached hydrogen (secondary N) is 2. The van der Waals surface area contributed by atoms with Gasteiger partial charge in [0.05, 0.1) is 12.2 Å². The van der Waals surface area contributed by atoms with E-state index in [0.29, 0.717) is 18.3 Å². The largest absolute Gasteiger partial charge is 0.347 e. The number of aromatic nitrogens is 3. The molecule has 1 aliphatic rings. The van der Waals surface area contributed by atoms with Crippen LogP contribution < -0.4 is 10.6 Å². The predicted molar refractivity (Wildman–Crippen MR) is 96.3 cm³/mol. The van der Waals surface area contributed by atoms with Crippen molar-refractivity contribution in [2.45, 2.75) is 25.4 Å². The van der Waals surface area contributed by atoms with Crippen LogP contribution in [0, 0.1) is 0 Å². The van der Waals surface area contributed by atoms with Crippen molar-refractivity contribution in [3.8, 4) is 0 Å². The van der Waals surface area contributed by atoms with Crippen molar-refractivity contribution in [2.75, 3.05) is 13.1 Å². The second-order valence-electron chi connectivity index (χ2n) is 6.43. The van der Waals surface area contributed by atoms with Crippen LogP contribution in [0.25, 0.3) is 10.8 Å². The first-order valence-electron chi connectivity index (χ1n) is 8.68. The summed E-state index contributed by atoms with van der Waals surface area (Å²) < 4.78 is 1.83. The van der Waals surface area contributed by atoms with Crippen LogP contribution in [-0.2, 0) is 6.54 Å². The van der Waals surface area contributed by atoms with Crippen LogP contribution in [0.4, 0.5) is 0 Å². The van der Waals surface area contributed by atoms with E-state index in [9.17, 15) is 4.79 Å². The summed E-state index contributed by atoms with van der Waals surface area (Å²) in [6.45, 7) is 2.44. The van der Waals surface area contributed by atoms with Gasteiger partial charge in [0.2, 0.25) is 0 Å². The second-order valence-corrected chi connectivity index (χ2v) is 6.43. The molecule has 1 aromatic heterocycles. The monoisotopic (exact) mass is 335 g/mol. The summed E-state index contributed by atoms with van der Waals surface area (Å²) in [6, 6.07) is 14.7. The van der Waals surface area contributed by atoms with Gasteiger partial charge in [0.1, 0.15) is 0 Å². The van der Waals surface area contributed by atoms with Crippen molar-refractivity contribution in [2.24, 2.45) is 0 Å². The number of piperidine rings is 1. The lowest BCUT2D eigenvalue weighted by Gasteiger charge is -2.22. The first kappa shape index (κ1) is 15.8. The second kappa shape index (κ2) is 7.03. The molecule has 0 radical (unpaired) electrons. The third kappa shape index (κ3) is 3.53. The number of carbonyl (C=O) groups is 1. The number of nitrogens with zero attached hydrogens (tertiary/aromatic N) is 3. The van der Waals surface area contributed by atoms with Crippen LogP contribution in [0.15, 0.2) is 48.7 Å². The summed E-state index contributed by atoms with van der Waals surface area (Å²) >= 11 is 0. The molecule has 2 N–H and O–H groups in total. The smallest absolute Gasteiger partial charge is 0.273 e. The van der Waals surface area contributed by atoms with Gasteiger partial charge in [-0.3, -0.25) is 4.79 Å². The first-order chi connectivity index (χ1) is 12.3. The van der Waals surface area contributed by atoms with Crippen LogP contribution in [0.1, 0.15) is 34.9 Å². The molecule has 128 valence electrons. The van der Waals surface area contributed by atoms with Crippen molar-refractivity contribution >= 4 is 16.7 Å². The van der Waals surface area contributed by atoms with E-state index in [1.54, 1.807) is 6.20 Å². The zero-order valence-corrected chi connectivity index (χ0v) is 14.0. The minimum atomic E-state index is -0.187. The zero-order chi connectivity index (χ0) is 17.1. The molecule has 0 unspecified atom stereocenters. The van der Waals surface area contributed by atoms with Gasteiger partial charge < -0.3 is 10.6 Å². The number of rotatable bonds is 4. The molecule has 0 atom stereocenters. The van der Waals surface area contributed by atoms with E-state index in [0.717, 1.165) is 31.5 Å². The quantitative estimate of drug-likeness (QED) is 0.767. The molecule has 2 aromatic carbocycles. The Balaban J connectivity index is 1.40. The predicted octanol–water partition coefficient (Wildman–Crippen LogP) is 2.29. The third-order valence-electron chi connectivity index (χ3n) is 4.69. The summed E-state index contributed by atoms with van der Waals surface area (Å²) in [5, 5.41) is 16.8. The Hall–Kier alpha value is -2.73. The van der Waals surface area contributed by atoms with E-state index >= 15 is 0 Å². The SMILES string of the molecule is O=C(NCc1ccc2ccccc2c1)c1cn(C2CCNCC2)nn1. The van der Waals surface area contributed by atoms with Gasteiger partial charge in [-0.1, -0.05) is 41.6 Å². The standard InChI is InChI=1S/C19H21N5O/c25-19(18-13-24(23-22-18)17-7-9-20-10-8-17)21-12-14-5-6-15-3-1-2-4-16(15)11-14/h1-6,11,13,17,20H,7-10,12H2,(H,21,25). The number of carbonyl (C=O) groups excluding carboxylic acids is 1. The summed E-state index contributed by atoms with van der Waals surface area (Å²) in [4.78, 5) is 12.3. The minimum absolute atomic E-state index is 0.187. The Bertz CT molecular complexity index is 882. The molecule has 6 heteroatoms. The number of hydrogen-bond donors (Lipinski definition) is 2. The van der Waals surface area contributed by atoms with Gasteiger partial charge >= 0.3 is 0 Å². The highest BCUT2D eigenvalue weighted by molar-refractivity contribution is 5.92. The highest BCUT2D eigenvalue weighted by atomic mass is 16.2. The summed E-state index contributed by atoms with van der Waals surface area (Å²) in [5.41, 5.74) is 1.44. The van der Waals surface area contributed by atoms with Crippen molar-refractivity contribution in [3.63, 3.8) is 0 Å². The van der Waals surface area contributed by atoms with Crippen LogP contribution in [0.2, 0.25) is 0 Å². The van der Waals surface area contributed by atoms with Crippen molar-refractivity contribution < 1.29 is 4.79 Å². The lowest BCUT2D eigenvalue weighted by Crippen LogP contribution is -2.29. The Morgan fingerprint density at radius 2 is 1.96 bits per heavy atom. The maximum atomic E-state index is 12.3. The Morgan fingerprint density at radius 1 is 1.16 bits per heavy atom. The molecule has 3 aromatic rings. The molecule has 0 aliphatic carbocycles.